The Balaban J connectivity index is 1.50. The van der Waals surface area contributed by atoms with Crippen molar-refractivity contribution in [3.05, 3.63) is 110 Å². The first-order valence-electron chi connectivity index (χ1n) is 11.4. The van der Waals surface area contributed by atoms with Gasteiger partial charge < -0.3 is 4.90 Å². The molecule has 3 aromatic carbocycles. The normalized spacial score (nSPS) is 23.6. The van der Waals surface area contributed by atoms with Gasteiger partial charge >= 0.3 is 0 Å². The lowest BCUT2D eigenvalue weighted by Gasteiger charge is -2.35. The summed E-state index contributed by atoms with van der Waals surface area (Å²) in [6.45, 7) is 0. The summed E-state index contributed by atoms with van der Waals surface area (Å²) in [5, 5.41) is 11.9. The van der Waals surface area contributed by atoms with Crippen LogP contribution in [0.1, 0.15) is 27.5 Å². The van der Waals surface area contributed by atoms with Crippen molar-refractivity contribution in [3.63, 3.8) is 0 Å². The van der Waals surface area contributed by atoms with E-state index in [2.05, 4.69) is 0 Å². The lowest BCUT2D eigenvalue weighted by molar-refractivity contribution is -0.384. The van der Waals surface area contributed by atoms with E-state index in [1.807, 2.05) is 30.3 Å². The van der Waals surface area contributed by atoms with E-state index in [0.717, 1.165) is 16.0 Å². The van der Waals surface area contributed by atoms with E-state index in [0.29, 0.717) is 0 Å². The second-order valence-electron chi connectivity index (χ2n) is 9.14. The van der Waals surface area contributed by atoms with Crippen molar-refractivity contribution in [2.24, 2.45) is 11.8 Å². The predicted octanol–water partition coefficient (Wildman–Crippen LogP) is 5.30. The van der Waals surface area contributed by atoms with E-state index in [4.69, 9.17) is 23.2 Å². The van der Waals surface area contributed by atoms with Gasteiger partial charge in [0.2, 0.25) is 11.8 Å². The van der Waals surface area contributed by atoms with Crippen LogP contribution in [0.3, 0.4) is 0 Å². The highest BCUT2D eigenvalue weighted by molar-refractivity contribution is 6.36. The number of imide groups is 1. The molecule has 2 amide bonds. The van der Waals surface area contributed by atoms with Crippen molar-refractivity contribution in [2.45, 2.75) is 12.1 Å². The summed E-state index contributed by atoms with van der Waals surface area (Å²) in [5.41, 5.74) is 1.79. The summed E-state index contributed by atoms with van der Waals surface area (Å²) in [4.78, 5) is 55.3. The Morgan fingerprint density at radius 3 is 2.32 bits per heavy atom. The fraction of sp³-hybridized carbons (Fsp3) is 0.148. The third-order valence-electron chi connectivity index (χ3n) is 7.18. The fourth-order valence-corrected chi connectivity index (χ4v) is 6.24. The molecule has 37 heavy (non-hydrogen) atoms. The van der Waals surface area contributed by atoms with Crippen LogP contribution in [0.2, 0.25) is 10.0 Å². The van der Waals surface area contributed by atoms with E-state index >= 15 is 0 Å². The number of halogens is 2. The molecule has 0 unspecified atom stereocenters. The standard InChI is InChI=1S/C27H17Cl2N3O5/c28-16-11-17(29)13-19(12-16)31-26(34)21-22(27(31)35)24(25(33)15-5-3-6-18(10-15)32(36)37)30-9-8-14-4-1-2-7-20(14)23(21)30/h1-13,21-24H/t21-,22+,23+,24-/m0/s1. The first-order chi connectivity index (χ1) is 17.8. The van der Waals surface area contributed by atoms with Crippen molar-refractivity contribution in [3.8, 4) is 0 Å². The van der Waals surface area contributed by atoms with Crippen molar-refractivity contribution < 1.29 is 19.3 Å². The molecule has 0 saturated carbocycles. The van der Waals surface area contributed by atoms with Crippen LogP contribution in [0.5, 0.6) is 0 Å². The minimum Gasteiger partial charge on any atom is -0.358 e. The highest BCUT2D eigenvalue weighted by Gasteiger charge is 2.64. The Labute approximate surface area is 220 Å². The number of ketones is 1. The highest BCUT2D eigenvalue weighted by atomic mass is 35.5. The van der Waals surface area contributed by atoms with Gasteiger partial charge in [0.15, 0.2) is 5.78 Å². The molecule has 0 bridgehead atoms. The number of fused-ring (bicyclic) bond motifs is 5. The average molecular weight is 534 g/mol. The Morgan fingerprint density at radius 1 is 0.892 bits per heavy atom. The monoisotopic (exact) mass is 533 g/mol. The number of hydrogen-bond acceptors (Lipinski definition) is 6. The van der Waals surface area contributed by atoms with Crippen LogP contribution in [0, 0.1) is 22.0 Å². The molecule has 0 spiro atoms. The lowest BCUT2D eigenvalue weighted by Crippen LogP contribution is -2.44. The van der Waals surface area contributed by atoms with E-state index in [1.54, 1.807) is 11.1 Å². The van der Waals surface area contributed by atoms with E-state index in [9.17, 15) is 24.5 Å². The molecule has 3 aromatic rings. The number of nitro groups is 1. The van der Waals surface area contributed by atoms with Crippen molar-refractivity contribution in [1.82, 2.24) is 4.90 Å². The molecule has 3 heterocycles. The van der Waals surface area contributed by atoms with E-state index in [1.165, 1.54) is 42.5 Å². The number of rotatable bonds is 4. The van der Waals surface area contributed by atoms with Crippen LogP contribution in [0.25, 0.3) is 6.08 Å². The maximum Gasteiger partial charge on any atom is 0.270 e. The van der Waals surface area contributed by atoms with Crippen LogP contribution in [0.4, 0.5) is 11.4 Å². The number of nitro benzene ring substituents is 1. The van der Waals surface area contributed by atoms with E-state index in [-0.39, 0.29) is 27.0 Å². The van der Waals surface area contributed by atoms with Gasteiger partial charge in [-0.05, 0) is 35.4 Å². The van der Waals surface area contributed by atoms with Crippen LogP contribution < -0.4 is 4.90 Å². The van der Waals surface area contributed by atoms with Gasteiger partial charge in [0.1, 0.15) is 6.04 Å². The average Bonchev–Trinajstić information content (AvgIpc) is 3.35. The molecule has 0 aromatic heterocycles. The zero-order valence-electron chi connectivity index (χ0n) is 19.0. The number of carbonyl (C=O) groups excluding carboxylic acids is 3. The predicted molar refractivity (Wildman–Crippen MR) is 137 cm³/mol. The molecule has 0 radical (unpaired) electrons. The number of anilines is 1. The molecule has 3 aliphatic rings. The molecule has 8 nitrogen and oxygen atoms in total. The number of hydrogen-bond donors (Lipinski definition) is 0. The summed E-state index contributed by atoms with van der Waals surface area (Å²) < 4.78 is 0. The first-order valence-corrected chi connectivity index (χ1v) is 12.2. The quantitative estimate of drug-likeness (QED) is 0.195. The molecule has 0 aliphatic carbocycles. The SMILES string of the molecule is O=C(c1cccc([N+](=O)[O-])c1)[C@@H]1[C@@H]2C(=O)N(c3cc(Cl)cc(Cl)c3)C(=O)[C@@H]2[C@H]2c3ccccc3C=CN12. The lowest BCUT2D eigenvalue weighted by atomic mass is 9.83. The summed E-state index contributed by atoms with van der Waals surface area (Å²) in [6, 6.07) is 15.7. The van der Waals surface area contributed by atoms with Crippen molar-refractivity contribution >= 4 is 58.3 Å². The molecule has 10 heteroatoms. The fourth-order valence-electron chi connectivity index (χ4n) is 5.72. The van der Waals surface area contributed by atoms with Crippen molar-refractivity contribution in [1.29, 1.82) is 0 Å². The number of carbonyl (C=O) groups is 3. The molecular weight excluding hydrogens is 517 g/mol. The highest BCUT2D eigenvalue weighted by Crippen LogP contribution is 2.54. The molecule has 184 valence electrons. The van der Waals surface area contributed by atoms with Gasteiger partial charge in [-0.3, -0.25) is 24.5 Å². The Hall–Kier alpha value is -4.01. The molecule has 3 aliphatic heterocycles. The summed E-state index contributed by atoms with van der Waals surface area (Å²) in [7, 11) is 0. The maximum absolute atomic E-state index is 13.9. The van der Waals surface area contributed by atoms with Gasteiger partial charge in [0.05, 0.1) is 28.5 Å². The molecule has 4 atom stereocenters. The van der Waals surface area contributed by atoms with Crippen LogP contribution in [-0.4, -0.2) is 33.5 Å². The molecule has 2 fully saturated rings. The Morgan fingerprint density at radius 2 is 1.59 bits per heavy atom. The van der Waals surface area contributed by atoms with Gasteiger partial charge in [-0.15, -0.1) is 0 Å². The van der Waals surface area contributed by atoms with E-state index < -0.39 is 46.4 Å². The summed E-state index contributed by atoms with van der Waals surface area (Å²) in [5.74, 6) is -3.35. The largest absolute Gasteiger partial charge is 0.358 e. The molecule has 6 rings (SSSR count). The third-order valence-corrected chi connectivity index (χ3v) is 7.61. The number of nitrogens with zero attached hydrogens (tertiary/aromatic N) is 3. The molecular formula is C27H17Cl2N3O5. The zero-order valence-corrected chi connectivity index (χ0v) is 20.5. The Bertz CT molecular complexity index is 1530. The maximum atomic E-state index is 13.9. The Kier molecular flexibility index (Phi) is 5.40. The number of amides is 2. The van der Waals surface area contributed by atoms with Gasteiger partial charge in [-0.2, -0.15) is 0 Å². The number of benzene rings is 3. The second-order valence-corrected chi connectivity index (χ2v) is 10.0. The minimum absolute atomic E-state index is 0.0929. The van der Waals surface area contributed by atoms with Gasteiger partial charge in [-0.1, -0.05) is 59.6 Å². The summed E-state index contributed by atoms with van der Waals surface area (Å²) >= 11 is 12.3. The zero-order chi connectivity index (χ0) is 26.0. The topological polar surface area (TPSA) is 101 Å². The van der Waals surface area contributed by atoms with Crippen LogP contribution in [0.15, 0.2) is 72.9 Å². The van der Waals surface area contributed by atoms with Crippen LogP contribution in [-0.2, 0) is 9.59 Å². The van der Waals surface area contributed by atoms with Gasteiger partial charge in [0, 0.05) is 33.9 Å². The van der Waals surface area contributed by atoms with Crippen molar-refractivity contribution in [2.75, 3.05) is 4.90 Å². The first kappa shape index (κ1) is 23.4. The van der Waals surface area contributed by atoms with Crippen LogP contribution >= 0.6 is 23.2 Å². The van der Waals surface area contributed by atoms with Gasteiger partial charge in [-0.25, -0.2) is 4.90 Å². The molecule has 2 saturated heterocycles. The number of non-ortho nitro benzene ring substituents is 1. The minimum atomic E-state index is -1.04. The third kappa shape index (κ3) is 3.55. The summed E-state index contributed by atoms with van der Waals surface area (Å²) in [6.07, 6.45) is 3.57. The smallest absolute Gasteiger partial charge is 0.270 e. The van der Waals surface area contributed by atoms with Gasteiger partial charge in [0.25, 0.3) is 5.69 Å². The number of Topliss-reactive ketones (excluding diaryl/α,β-unsaturated/α-hetero) is 1. The second kappa shape index (κ2) is 8.54. The molecule has 0 N–H and O–H groups in total.